The Labute approximate surface area is 123 Å². The minimum Gasteiger partial charge on any atom is -0.481 e. The lowest BCUT2D eigenvalue weighted by Crippen LogP contribution is -2.33. The summed E-state index contributed by atoms with van der Waals surface area (Å²) in [6.45, 7) is 1.16. The molecule has 0 saturated carbocycles. The number of carboxylic acids is 1. The molecule has 2 amide bonds. The number of hydrogen-bond acceptors (Lipinski definition) is 2. The third-order valence-corrected chi connectivity index (χ3v) is 4.39. The molecule has 0 aromatic heterocycles. The number of fused-ring (bicyclic) bond motifs is 1. The largest absolute Gasteiger partial charge is 0.481 e. The Bertz CT molecular complexity index is 571. The molecule has 3 rings (SSSR count). The summed E-state index contributed by atoms with van der Waals surface area (Å²) in [6.07, 6.45) is 4.32. The molecule has 1 heterocycles. The molecule has 2 aliphatic rings. The Morgan fingerprint density at radius 3 is 2.90 bits per heavy atom. The number of rotatable bonds is 3. The molecule has 0 bridgehead atoms. The predicted molar refractivity (Wildman–Crippen MR) is 79.4 cm³/mol. The first-order valence-corrected chi connectivity index (χ1v) is 7.51. The molecule has 1 atom stereocenters. The lowest BCUT2D eigenvalue weighted by atomic mass is 10.1. The SMILES string of the molecule is O=C(O)CC1CCN(C(=O)Nc2ccc3c(c2)CCC3)C1. The van der Waals surface area contributed by atoms with Gasteiger partial charge in [-0.25, -0.2) is 4.79 Å². The van der Waals surface area contributed by atoms with Gasteiger partial charge in [0.1, 0.15) is 0 Å². The summed E-state index contributed by atoms with van der Waals surface area (Å²) in [7, 11) is 0. The monoisotopic (exact) mass is 288 g/mol. The summed E-state index contributed by atoms with van der Waals surface area (Å²) in [5.41, 5.74) is 3.55. The fourth-order valence-corrected chi connectivity index (χ4v) is 3.28. The van der Waals surface area contributed by atoms with Crippen molar-refractivity contribution in [2.45, 2.75) is 32.1 Å². The molecule has 5 nitrogen and oxygen atoms in total. The number of aliphatic carboxylic acids is 1. The minimum atomic E-state index is -0.791. The molecule has 0 spiro atoms. The highest BCUT2D eigenvalue weighted by Crippen LogP contribution is 2.26. The first-order chi connectivity index (χ1) is 10.1. The van der Waals surface area contributed by atoms with Crippen molar-refractivity contribution in [1.29, 1.82) is 0 Å². The van der Waals surface area contributed by atoms with Gasteiger partial charge in [0.05, 0.1) is 0 Å². The number of anilines is 1. The molecule has 0 radical (unpaired) electrons. The summed E-state index contributed by atoms with van der Waals surface area (Å²) in [5.74, 6) is -0.714. The van der Waals surface area contributed by atoms with Crippen LogP contribution in [0.25, 0.3) is 0 Å². The number of aryl methyl sites for hydroxylation is 2. The zero-order valence-electron chi connectivity index (χ0n) is 12.0. The van der Waals surface area contributed by atoms with Crippen LogP contribution in [0.15, 0.2) is 18.2 Å². The first kappa shape index (κ1) is 13.9. The molecular weight excluding hydrogens is 268 g/mol. The molecule has 1 aliphatic carbocycles. The standard InChI is InChI=1S/C16H20N2O3/c19-15(20)8-11-6-7-18(10-11)16(21)17-14-5-4-12-2-1-3-13(12)9-14/h4-5,9,11H,1-3,6-8,10H2,(H,17,21)(H,19,20). The Morgan fingerprint density at radius 1 is 1.29 bits per heavy atom. The van der Waals surface area contributed by atoms with Gasteiger partial charge in [-0.1, -0.05) is 6.07 Å². The van der Waals surface area contributed by atoms with Crippen molar-refractivity contribution in [3.05, 3.63) is 29.3 Å². The smallest absolute Gasteiger partial charge is 0.321 e. The summed E-state index contributed by atoms with van der Waals surface area (Å²) in [6, 6.07) is 5.98. The molecule has 1 aromatic carbocycles. The van der Waals surface area contributed by atoms with E-state index in [-0.39, 0.29) is 18.4 Å². The van der Waals surface area contributed by atoms with Crippen molar-refractivity contribution >= 4 is 17.7 Å². The maximum atomic E-state index is 12.2. The first-order valence-electron chi connectivity index (χ1n) is 7.51. The van der Waals surface area contributed by atoms with E-state index in [4.69, 9.17) is 5.11 Å². The maximum Gasteiger partial charge on any atom is 0.321 e. The van der Waals surface area contributed by atoms with Crippen LogP contribution in [0.1, 0.15) is 30.4 Å². The van der Waals surface area contributed by atoms with Crippen molar-refractivity contribution < 1.29 is 14.7 Å². The van der Waals surface area contributed by atoms with E-state index in [0.717, 1.165) is 24.9 Å². The van der Waals surface area contributed by atoms with Crippen molar-refractivity contribution in [3.63, 3.8) is 0 Å². The fraction of sp³-hybridized carbons (Fsp3) is 0.500. The van der Waals surface area contributed by atoms with Gasteiger partial charge in [0.2, 0.25) is 0 Å². The second-order valence-corrected chi connectivity index (χ2v) is 5.97. The van der Waals surface area contributed by atoms with Crippen LogP contribution in [0.4, 0.5) is 10.5 Å². The average Bonchev–Trinajstić information content (AvgIpc) is 3.06. The van der Waals surface area contributed by atoms with Gasteiger partial charge in [-0.05, 0) is 54.9 Å². The molecule has 21 heavy (non-hydrogen) atoms. The Kier molecular flexibility index (Phi) is 3.82. The third kappa shape index (κ3) is 3.17. The highest BCUT2D eigenvalue weighted by Gasteiger charge is 2.27. The Balaban J connectivity index is 1.58. The van der Waals surface area contributed by atoms with E-state index in [1.54, 1.807) is 4.90 Å². The van der Waals surface area contributed by atoms with E-state index in [9.17, 15) is 9.59 Å². The second-order valence-electron chi connectivity index (χ2n) is 5.97. The number of carbonyl (C=O) groups excluding carboxylic acids is 1. The molecule has 1 aromatic rings. The molecule has 1 aliphatic heterocycles. The summed E-state index contributed by atoms with van der Waals surface area (Å²) < 4.78 is 0. The van der Waals surface area contributed by atoms with E-state index in [1.165, 1.54) is 17.5 Å². The maximum absolute atomic E-state index is 12.2. The van der Waals surface area contributed by atoms with Crippen LogP contribution in [0, 0.1) is 5.92 Å². The summed E-state index contributed by atoms with van der Waals surface area (Å²) in [4.78, 5) is 24.6. The van der Waals surface area contributed by atoms with Gasteiger partial charge in [-0.3, -0.25) is 4.79 Å². The zero-order valence-corrected chi connectivity index (χ0v) is 12.0. The normalized spacial score (nSPS) is 20.4. The minimum absolute atomic E-state index is 0.0771. The van der Waals surface area contributed by atoms with E-state index < -0.39 is 5.97 Å². The average molecular weight is 288 g/mol. The predicted octanol–water partition coefficient (Wildman–Crippen LogP) is 2.50. The lowest BCUT2D eigenvalue weighted by molar-refractivity contribution is -0.138. The van der Waals surface area contributed by atoms with Crippen LogP contribution < -0.4 is 5.32 Å². The van der Waals surface area contributed by atoms with Gasteiger partial charge in [-0.15, -0.1) is 0 Å². The van der Waals surface area contributed by atoms with E-state index in [0.29, 0.717) is 13.1 Å². The molecule has 112 valence electrons. The van der Waals surface area contributed by atoms with Crippen molar-refractivity contribution in [3.8, 4) is 0 Å². The Morgan fingerprint density at radius 2 is 2.10 bits per heavy atom. The van der Waals surface area contributed by atoms with Gasteiger partial charge >= 0.3 is 12.0 Å². The van der Waals surface area contributed by atoms with Crippen LogP contribution >= 0.6 is 0 Å². The number of benzene rings is 1. The van der Waals surface area contributed by atoms with E-state index in [1.807, 2.05) is 6.07 Å². The van der Waals surface area contributed by atoms with Crippen molar-refractivity contribution in [2.24, 2.45) is 5.92 Å². The van der Waals surface area contributed by atoms with Crippen LogP contribution in [-0.4, -0.2) is 35.1 Å². The van der Waals surface area contributed by atoms with Crippen molar-refractivity contribution in [2.75, 3.05) is 18.4 Å². The zero-order chi connectivity index (χ0) is 14.8. The van der Waals surface area contributed by atoms with Crippen LogP contribution in [0.5, 0.6) is 0 Å². The van der Waals surface area contributed by atoms with Gasteiger partial charge in [0.25, 0.3) is 0 Å². The lowest BCUT2D eigenvalue weighted by Gasteiger charge is -2.17. The van der Waals surface area contributed by atoms with Crippen LogP contribution in [0.3, 0.4) is 0 Å². The van der Waals surface area contributed by atoms with Gasteiger partial charge in [-0.2, -0.15) is 0 Å². The number of likely N-dealkylation sites (tertiary alicyclic amines) is 1. The number of nitrogens with zero attached hydrogens (tertiary/aromatic N) is 1. The number of hydrogen-bond donors (Lipinski definition) is 2. The number of carbonyl (C=O) groups is 2. The quantitative estimate of drug-likeness (QED) is 0.898. The number of nitrogens with one attached hydrogen (secondary N) is 1. The number of urea groups is 1. The fourth-order valence-electron chi connectivity index (χ4n) is 3.28. The van der Waals surface area contributed by atoms with E-state index >= 15 is 0 Å². The second kappa shape index (κ2) is 5.76. The van der Waals surface area contributed by atoms with Gasteiger partial charge in [0.15, 0.2) is 0 Å². The van der Waals surface area contributed by atoms with Crippen LogP contribution in [0.2, 0.25) is 0 Å². The number of carboxylic acid groups (broad SMARTS) is 1. The third-order valence-electron chi connectivity index (χ3n) is 4.39. The van der Waals surface area contributed by atoms with E-state index in [2.05, 4.69) is 17.4 Å². The highest BCUT2D eigenvalue weighted by atomic mass is 16.4. The van der Waals surface area contributed by atoms with Gasteiger partial charge in [0, 0.05) is 25.2 Å². The molecule has 2 N–H and O–H groups in total. The number of amides is 2. The highest BCUT2D eigenvalue weighted by molar-refractivity contribution is 5.89. The summed E-state index contributed by atoms with van der Waals surface area (Å²) >= 11 is 0. The summed E-state index contributed by atoms with van der Waals surface area (Å²) in [5, 5.41) is 11.7. The topological polar surface area (TPSA) is 69.6 Å². The molecule has 1 unspecified atom stereocenters. The van der Waals surface area contributed by atoms with Gasteiger partial charge < -0.3 is 15.3 Å². The molecule has 1 fully saturated rings. The Hall–Kier alpha value is -2.04. The molecule has 1 saturated heterocycles. The van der Waals surface area contributed by atoms with Crippen molar-refractivity contribution in [1.82, 2.24) is 4.90 Å². The molecular formula is C16H20N2O3. The van der Waals surface area contributed by atoms with Crippen LogP contribution in [-0.2, 0) is 17.6 Å². The molecule has 5 heteroatoms.